The number of nitrogens with zero attached hydrogens (tertiary/aromatic N) is 3. The van der Waals surface area contributed by atoms with Gasteiger partial charge in [0, 0.05) is 30.7 Å². The largest absolute Gasteiger partial charge is 0.497 e. The van der Waals surface area contributed by atoms with Gasteiger partial charge >= 0.3 is 11.9 Å². The van der Waals surface area contributed by atoms with Crippen LogP contribution < -0.4 is 4.74 Å². The predicted octanol–water partition coefficient (Wildman–Crippen LogP) is 5.75. The van der Waals surface area contributed by atoms with Crippen molar-refractivity contribution >= 4 is 23.4 Å². The van der Waals surface area contributed by atoms with Crippen LogP contribution in [0.5, 0.6) is 5.75 Å². The molecule has 14 nitrogen and oxygen atoms in total. The van der Waals surface area contributed by atoms with Crippen molar-refractivity contribution in [1.82, 2.24) is 4.90 Å². The van der Waals surface area contributed by atoms with Crippen LogP contribution in [-0.2, 0) is 39.7 Å². The van der Waals surface area contributed by atoms with Crippen LogP contribution in [0.2, 0.25) is 0 Å². The van der Waals surface area contributed by atoms with E-state index in [1.807, 2.05) is 39.8 Å². The standard InChI is InChI=1S/C47H70FN3O11/c1-13-38-47(8,56)42(54)30(5)40(50-49-31(6)33-16-18-35(48)19-17-33)28(3)25-46(7,58-12)43(62-45-41(53)37(51(9)10)23-29(4)60-45)34(22-27(2)44(55)61-38)26-59-39(52)24-32-14-20-36(57-11)21-15-32/h14-21,27-30,34,37-38,41-43,45,53-54,56H,13,22-26H2,1-12H3/b49-31+,50-40+/t27-,28-,29?,30+,34-,37?,38-,41?,42-,43-,45?,46-,47-/m1/s1. The summed E-state index contributed by atoms with van der Waals surface area (Å²) in [5, 5.41) is 45.0. The Morgan fingerprint density at radius 1 is 0.984 bits per heavy atom. The Labute approximate surface area is 366 Å². The minimum absolute atomic E-state index is 0.0317. The number of hydrogen-bond acceptors (Lipinski definition) is 14. The van der Waals surface area contributed by atoms with Gasteiger partial charge in [0.15, 0.2) is 6.29 Å². The SMILES string of the molecule is CC[C@H]1OC(=O)[C@H](C)C[C@H](COC(=O)Cc2ccc(OC)cc2)[C@@H](OC2OC(C)CC(N(C)C)C2O)[C@](C)(OC)C[C@@H](C)/C(=N\N=C(/C)c2ccc(F)cc2)[C@H](C)[C@@H](O)[C@]1(C)O. The van der Waals surface area contributed by atoms with Crippen LogP contribution in [-0.4, -0.2) is 133 Å². The molecule has 3 N–H and O–H groups in total. The number of benzene rings is 2. The lowest BCUT2D eigenvalue weighted by Crippen LogP contribution is -2.59. The lowest BCUT2D eigenvalue weighted by atomic mass is 9.74. The van der Waals surface area contributed by atoms with Gasteiger partial charge in [0.25, 0.3) is 0 Å². The molecule has 15 heteroatoms. The van der Waals surface area contributed by atoms with Gasteiger partial charge < -0.3 is 48.6 Å². The third kappa shape index (κ3) is 12.7. The summed E-state index contributed by atoms with van der Waals surface area (Å²) in [5.74, 6) is -3.84. The van der Waals surface area contributed by atoms with E-state index in [-0.39, 0.29) is 44.4 Å². The topological polar surface area (TPSA) is 178 Å². The highest BCUT2D eigenvalue weighted by Gasteiger charge is 2.51. The molecular weight excluding hydrogens is 802 g/mol. The third-order valence-electron chi connectivity index (χ3n) is 12.7. The van der Waals surface area contributed by atoms with Gasteiger partial charge in [0.1, 0.15) is 29.4 Å². The number of cyclic esters (lactones) is 1. The first-order valence-corrected chi connectivity index (χ1v) is 21.6. The Morgan fingerprint density at radius 2 is 1.63 bits per heavy atom. The van der Waals surface area contributed by atoms with Crippen molar-refractivity contribution in [3.8, 4) is 5.75 Å². The number of methoxy groups -OCH3 is 2. The summed E-state index contributed by atoms with van der Waals surface area (Å²) in [6.07, 6.45) is -5.16. The Bertz CT molecular complexity index is 1820. The number of likely N-dealkylation sites (N-methyl/N-ethyl adjacent to an activating group) is 1. The highest BCUT2D eigenvalue weighted by Crippen LogP contribution is 2.40. The van der Waals surface area contributed by atoms with Crippen LogP contribution >= 0.6 is 0 Å². The zero-order valence-corrected chi connectivity index (χ0v) is 38.5. The second kappa shape index (κ2) is 22.2. The zero-order chi connectivity index (χ0) is 46.1. The predicted molar refractivity (Wildman–Crippen MR) is 233 cm³/mol. The molecule has 0 aliphatic carbocycles. The van der Waals surface area contributed by atoms with E-state index in [0.717, 1.165) is 0 Å². The van der Waals surface area contributed by atoms with Gasteiger partial charge in [-0.2, -0.15) is 10.2 Å². The molecule has 4 unspecified atom stereocenters. The number of ether oxygens (including phenoxy) is 6. The average Bonchev–Trinajstić information content (AvgIpc) is 3.23. The van der Waals surface area contributed by atoms with E-state index in [4.69, 9.17) is 33.5 Å². The molecule has 2 aromatic carbocycles. The van der Waals surface area contributed by atoms with Crippen LogP contribution in [0.15, 0.2) is 58.7 Å². The fourth-order valence-electron chi connectivity index (χ4n) is 8.82. The van der Waals surface area contributed by atoms with Gasteiger partial charge in [0.2, 0.25) is 0 Å². The molecule has 2 heterocycles. The van der Waals surface area contributed by atoms with E-state index in [1.54, 1.807) is 71.2 Å². The molecule has 2 aliphatic heterocycles. The normalized spacial score (nSPS) is 35.0. The van der Waals surface area contributed by atoms with Crippen molar-refractivity contribution in [2.45, 2.75) is 142 Å². The molecule has 2 aliphatic rings. The molecule has 2 fully saturated rings. The van der Waals surface area contributed by atoms with Crippen LogP contribution in [0.1, 0.15) is 92.2 Å². The number of carbonyl (C=O) groups excluding carboxylic acids is 2. The Morgan fingerprint density at radius 3 is 2.21 bits per heavy atom. The Balaban J connectivity index is 1.87. The molecule has 0 aromatic heterocycles. The molecule has 346 valence electrons. The first-order valence-electron chi connectivity index (χ1n) is 21.6. The first kappa shape index (κ1) is 50.8. The van der Waals surface area contributed by atoms with Gasteiger partial charge in [-0.15, -0.1) is 0 Å². The summed E-state index contributed by atoms with van der Waals surface area (Å²) in [4.78, 5) is 29.5. The molecule has 0 amide bonds. The number of aliphatic hydroxyl groups excluding tert-OH is 2. The summed E-state index contributed by atoms with van der Waals surface area (Å²) in [6, 6.07) is 12.6. The Hall–Kier alpha value is -3.83. The summed E-state index contributed by atoms with van der Waals surface area (Å²) in [5.41, 5.74) is -0.981. The van der Waals surface area contributed by atoms with Gasteiger partial charge in [-0.25, -0.2) is 4.39 Å². The monoisotopic (exact) mass is 871 g/mol. The van der Waals surface area contributed by atoms with Gasteiger partial charge in [0.05, 0.1) is 55.7 Å². The van der Waals surface area contributed by atoms with E-state index in [1.165, 1.54) is 26.2 Å². The number of aliphatic hydroxyl groups is 3. The van der Waals surface area contributed by atoms with E-state index in [0.29, 0.717) is 34.7 Å². The molecule has 0 radical (unpaired) electrons. The third-order valence-corrected chi connectivity index (χ3v) is 12.7. The summed E-state index contributed by atoms with van der Waals surface area (Å²) >= 11 is 0. The van der Waals surface area contributed by atoms with E-state index in [9.17, 15) is 29.3 Å². The maximum absolute atomic E-state index is 14.1. The van der Waals surface area contributed by atoms with Crippen LogP contribution in [0, 0.1) is 29.5 Å². The molecule has 4 rings (SSSR count). The molecular formula is C47H70FN3O11. The maximum atomic E-state index is 14.1. The highest BCUT2D eigenvalue weighted by atomic mass is 19.1. The van der Waals surface area contributed by atoms with E-state index in [2.05, 4.69) is 5.10 Å². The minimum Gasteiger partial charge on any atom is -0.497 e. The molecule has 0 saturated carbocycles. The lowest BCUT2D eigenvalue weighted by Gasteiger charge is -2.48. The summed E-state index contributed by atoms with van der Waals surface area (Å²) in [7, 11) is 6.84. The fraction of sp³-hybridized carbons (Fsp3) is 0.660. The molecule has 2 saturated heterocycles. The summed E-state index contributed by atoms with van der Waals surface area (Å²) in [6.45, 7) is 13.8. The molecule has 0 bridgehead atoms. The van der Waals surface area contributed by atoms with Gasteiger partial charge in [-0.05, 0) is 109 Å². The van der Waals surface area contributed by atoms with Gasteiger partial charge in [-0.3, -0.25) is 9.59 Å². The van der Waals surface area contributed by atoms with Crippen molar-refractivity contribution in [3.05, 3.63) is 65.5 Å². The number of halogens is 1. The smallest absolute Gasteiger partial charge is 0.310 e. The fourth-order valence-corrected chi connectivity index (χ4v) is 8.82. The minimum atomic E-state index is -1.93. The Kier molecular flexibility index (Phi) is 18.2. The van der Waals surface area contributed by atoms with Crippen molar-refractivity contribution in [2.24, 2.45) is 33.9 Å². The quantitative estimate of drug-likeness (QED) is 0.134. The van der Waals surface area contributed by atoms with Crippen LogP contribution in [0.25, 0.3) is 0 Å². The van der Waals surface area contributed by atoms with E-state index >= 15 is 0 Å². The molecule has 62 heavy (non-hydrogen) atoms. The van der Waals surface area contributed by atoms with Crippen molar-refractivity contribution in [2.75, 3.05) is 34.9 Å². The summed E-state index contributed by atoms with van der Waals surface area (Å²) < 4.78 is 50.8. The molecule has 2 aromatic rings. The maximum Gasteiger partial charge on any atom is 0.310 e. The van der Waals surface area contributed by atoms with Crippen molar-refractivity contribution < 1.29 is 57.7 Å². The molecule has 0 spiro atoms. The van der Waals surface area contributed by atoms with Crippen LogP contribution in [0.4, 0.5) is 4.39 Å². The van der Waals surface area contributed by atoms with Gasteiger partial charge in [-0.1, -0.05) is 52.0 Å². The first-order chi connectivity index (χ1) is 29.1. The van der Waals surface area contributed by atoms with E-state index < -0.39 is 83.3 Å². The second-order valence-electron chi connectivity index (χ2n) is 17.9. The lowest BCUT2D eigenvalue weighted by molar-refractivity contribution is -0.299. The number of hydrogen-bond donors (Lipinski definition) is 3. The molecule has 13 atom stereocenters. The highest BCUT2D eigenvalue weighted by molar-refractivity contribution is 5.99. The number of carbonyl (C=O) groups is 2. The second-order valence-corrected chi connectivity index (χ2v) is 17.9. The zero-order valence-electron chi connectivity index (χ0n) is 38.5. The average molecular weight is 872 g/mol. The van der Waals surface area contributed by atoms with Crippen molar-refractivity contribution in [3.63, 3.8) is 0 Å². The van der Waals surface area contributed by atoms with Crippen LogP contribution in [0.3, 0.4) is 0 Å². The van der Waals surface area contributed by atoms with Crippen molar-refractivity contribution in [1.29, 1.82) is 0 Å². The number of rotatable bonds is 12. The number of esters is 2.